The van der Waals surface area contributed by atoms with Gasteiger partial charge in [0.25, 0.3) is 0 Å². The largest absolute Gasteiger partial charge is 0.271 e. The monoisotopic (exact) mass is 481 g/mol. The number of hydrazine groups is 1. The van der Waals surface area contributed by atoms with Gasteiger partial charge in [-0.3, -0.25) is 11.3 Å². The van der Waals surface area contributed by atoms with Crippen molar-refractivity contribution in [2.24, 2.45) is 11.3 Å². The summed E-state index contributed by atoms with van der Waals surface area (Å²) in [6.45, 7) is 11.7. The second-order valence-electron chi connectivity index (χ2n) is 11.6. The molecule has 2 heteroatoms. The van der Waals surface area contributed by atoms with Gasteiger partial charge in [0.05, 0.1) is 0 Å². The molecule has 0 aliphatic rings. The van der Waals surface area contributed by atoms with Crippen molar-refractivity contribution in [1.29, 1.82) is 0 Å². The highest BCUT2D eigenvalue weighted by Crippen LogP contribution is 2.49. The summed E-state index contributed by atoms with van der Waals surface area (Å²) in [6.07, 6.45) is 34.5. The van der Waals surface area contributed by atoms with E-state index in [1.165, 1.54) is 161 Å². The Balaban J connectivity index is 4.18. The lowest BCUT2D eigenvalue weighted by atomic mass is 9.58. The smallest absolute Gasteiger partial charge is 0.0377 e. The molecule has 0 radical (unpaired) electrons. The zero-order chi connectivity index (χ0) is 25.4. The normalized spacial score (nSPS) is 12.5. The van der Waals surface area contributed by atoms with Gasteiger partial charge < -0.3 is 0 Å². The van der Waals surface area contributed by atoms with Crippen LogP contribution in [0.3, 0.4) is 0 Å². The quantitative estimate of drug-likeness (QED) is 0.0696. The SMILES string of the molecule is CCCCCCCCCCCCCCCCCCC(CCC)(CCC)C(CCC)(CCC)NN. The molecule has 0 saturated carbocycles. The van der Waals surface area contributed by atoms with E-state index in [2.05, 4.69) is 40.0 Å². The summed E-state index contributed by atoms with van der Waals surface area (Å²) in [6, 6.07) is 0. The van der Waals surface area contributed by atoms with Crippen molar-refractivity contribution in [3.05, 3.63) is 0 Å². The molecule has 0 aromatic carbocycles. The Hall–Kier alpha value is -0.0800. The topological polar surface area (TPSA) is 38.0 Å². The summed E-state index contributed by atoms with van der Waals surface area (Å²) in [5, 5.41) is 0. The number of unbranched alkanes of at least 4 members (excludes halogenated alkanes) is 15. The van der Waals surface area contributed by atoms with Crippen LogP contribution >= 0.6 is 0 Å². The molecule has 0 rings (SSSR count). The fourth-order valence-corrected chi connectivity index (χ4v) is 6.87. The van der Waals surface area contributed by atoms with E-state index in [-0.39, 0.29) is 5.54 Å². The lowest BCUT2D eigenvalue weighted by Crippen LogP contribution is -2.61. The fraction of sp³-hybridized carbons (Fsp3) is 1.00. The maximum Gasteiger partial charge on any atom is 0.0377 e. The van der Waals surface area contributed by atoms with Crippen molar-refractivity contribution in [1.82, 2.24) is 5.43 Å². The summed E-state index contributed by atoms with van der Waals surface area (Å²) in [7, 11) is 0. The average Bonchev–Trinajstić information content (AvgIpc) is 2.83. The highest BCUT2D eigenvalue weighted by molar-refractivity contribution is 5.03. The third-order valence-electron chi connectivity index (χ3n) is 8.61. The highest BCUT2D eigenvalue weighted by Gasteiger charge is 2.47. The number of rotatable bonds is 27. The molecule has 206 valence electrons. The van der Waals surface area contributed by atoms with Crippen molar-refractivity contribution < 1.29 is 0 Å². The van der Waals surface area contributed by atoms with E-state index in [9.17, 15) is 0 Å². The van der Waals surface area contributed by atoms with E-state index in [1.54, 1.807) is 0 Å². The van der Waals surface area contributed by atoms with Crippen LogP contribution in [0.25, 0.3) is 0 Å². The predicted molar refractivity (Wildman–Crippen MR) is 156 cm³/mol. The third-order valence-corrected chi connectivity index (χ3v) is 8.61. The molecular formula is C32H68N2. The minimum atomic E-state index is 0.123. The van der Waals surface area contributed by atoms with E-state index < -0.39 is 0 Å². The molecule has 34 heavy (non-hydrogen) atoms. The maximum absolute atomic E-state index is 6.34. The molecule has 0 aliphatic carbocycles. The van der Waals surface area contributed by atoms with Gasteiger partial charge in [0, 0.05) is 5.54 Å². The van der Waals surface area contributed by atoms with Crippen molar-refractivity contribution in [2.45, 2.75) is 201 Å². The van der Waals surface area contributed by atoms with Crippen LogP contribution in [-0.4, -0.2) is 5.54 Å². The average molecular weight is 481 g/mol. The summed E-state index contributed by atoms with van der Waals surface area (Å²) < 4.78 is 0. The van der Waals surface area contributed by atoms with Crippen LogP contribution in [0.4, 0.5) is 0 Å². The summed E-state index contributed by atoms with van der Waals surface area (Å²) in [4.78, 5) is 0. The van der Waals surface area contributed by atoms with Crippen LogP contribution in [0.1, 0.15) is 195 Å². The van der Waals surface area contributed by atoms with Crippen molar-refractivity contribution >= 4 is 0 Å². The molecule has 0 spiro atoms. The molecule has 0 unspecified atom stereocenters. The standard InChI is InChI=1S/C32H68N2/c1-6-11-12-13-14-15-16-17-18-19-20-21-22-23-24-25-30-31(26-7-2,27-8-3)32(34-33,28-9-4)29-10-5/h34H,6-30,33H2,1-5H3. The third kappa shape index (κ3) is 13.9. The molecule has 3 N–H and O–H groups in total. The first-order chi connectivity index (χ1) is 16.6. The summed E-state index contributed by atoms with van der Waals surface area (Å²) in [5.74, 6) is 6.34. The minimum Gasteiger partial charge on any atom is -0.271 e. The Morgan fingerprint density at radius 1 is 0.382 bits per heavy atom. The Kier molecular flexibility index (Phi) is 23.3. The molecular weight excluding hydrogens is 412 g/mol. The van der Waals surface area contributed by atoms with E-state index >= 15 is 0 Å². The predicted octanol–water partition coefficient (Wildman–Crippen LogP) is 11.0. The molecule has 0 aliphatic heterocycles. The molecule has 0 aromatic heterocycles. The number of nitrogens with one attached hydrogen (secondary N) is 1. The van der Waals surface area contributed by atoms with Gasteiger partial charge in [-0.1, -0.05) is 163 Å². The lowest BCUT2D eigenvalue weighted by molar-refractivity contribution is 0.0272. The van der Waals surface area contributed by atoms with Gasteiger partial charge in [0.2, 0.25) is 0 Å². The van der Waals surface area contributed by atoms with Crippen molar-refractivity contribution in [3.63, 3.8) is 0 Å². The molecule has 2 nitrogen and oxygen atoms in total. The summed E-state index contributed by atoms with van der Waals surface area (Å²) in [5.41, 5.74) is 3.92. The van der Waals surface area contributed by atoms with Gasteiger partial charge in [0.1, 0.15) is 0 Å². The van der Waals surface area contributed by atoms with E-state index in [4.69, 9.17) is 5.84 Å². The van der Waals surface area contributed by atoms with Gasteiger partial charge in [0.15, 0.2) is 0 Å². The van der Waals surface area contributed by atoms with Crippen LogP contribution in [0.5, 0.6) is 0 Å². The van der Waals surface area contributed by atoms with Gasteiger partial charge in [-0.2, -0.15) is 0 Å². The molecule has 0 fully saturated rings. The number of nitrogens with two attached hydrogens (primary N) is 1. The second-order valence-corrected chi connectivity index (χ2v) is 11.6. The molecule has 0 atom stereocenters. The fourth-order valence-electron chi connectivity index (χ4n) is 6.87. The zero-order valence-electron chi connectivity index (χ0n) is 24.8. The Morgan fingerprint density at radius 2 is 0.706 bits per heavy atom. The number of hydrogen-bond donors (Lipinski definition) is 2. The Bertz CT molecular complexity index is 394. The van der Waals surface area contributed by atoms with E-state index in [0.717, 1.165) is 0 Å². The van der Waals surface area contributed by atoms with Crippen LogP contribution in [0, 0.1) is 5.41 Å². The van der Waals surface area contributed by atoms with Gasteiger partial charge in [-0.15, -0.1) is 0 Å². The molecule has 0 heterocycles. The highest BCUT2D eigenvalue weighted by atomic mass is 15.3. The van der Waals surface area contributed by atoms with Crippen molar-refractivity contribution in [3.8, 4) is 0 Å². The van der Waals surface area contributed by atoms with Crippen LogP contribution in [0.15, 0.2) is 0 Å². The zero-order valence-corrected chi connectivity index (χ0v) is 24.8. The van der Waals surface area contributed by atoms with Crippen LogP contribution in [-0.2, 0) is 0 Å². The minimum absolute atomic E-state index is 0.123. The van der Waals surface area contributed by atoms with Crippen molar-refractivity contribution in [2.75, 3.05) is 0 Å². The second kappa shape index (κ2) is 23.3. The molecule has 0 aromatic rings. The molecule has 0 amide bonds. The van der Waals surface area contributed by atoms with Crippen LogP contribution in [0.2, 0.25) is 0 Å². The van der Waals surface area contributed by atoms with E-state index in [1.807, 2.05) is 0 Å². The Labute approximate surface area is 217 Å². The first kappa shape index (κ1) is 33.9. The first-order valence-corrected chi connectivity index (χ1v) is 16.1. The molecule has 0 bridgehead atoms. The maximum atomic E-state index is 6.34. The number of hydrogen-bond acceptors (Lipinski definition) is 2. The van der Waals surface area contributed by atoms with E-state index in [0.29, 0.717) is 5.41 Å². The van der Waals surface area contributed by atoms with Gasteiger partial charge in [-0.05, 0) is 37.5 Å². The van der Waals surface area contributed by atoms with Gasteiger partial charge in [-0.25, -0.2) is 0 Å². The molecule has 0 saturated heterocycles. The summed E-state index contributed by atoms with van der Waals surface area (Å²) >= 11 is 0. The van der Waals surface area contributed by atoms with Gasteiger partial charge >= 0.3 is 0 Å². The Morgan fingerprint density at radius 3 is 1.00 bits per heavy atom. The van der Waals surface area contributed by atoms with Crippen LogP contribution < -0.4 is 11.3 Å². The lowest BCUT2D eigenvalue weighted by Gasteiger charge is -2.52. The first-order valence-electron chi connectivity index (χ1n) is 16.1.